The van der Waals surface area contributed by atoms with Gasteiger partial charge >= 0.3 is 5.92 Å². The first-order valence-electron chi connectivity index (χ1n) is 2.98. The number of halogens is 4. The summed E-state index contributed by atoms with van der Waals surface area (Å²) in [5.74, 6) is -4.07. The number of hydrogen-bond acceptors (Lipinski definition) is 0. The Balaban J connectivity index is 0.00000121. The number of rotatable bonds is 1. The van der Waals surface area contributed by atoms with Crippen LogP contribution in [0, 0.1) is 0 Å². The van der Waals surface area contributed by atoms with Crippen LogP contribution >= 0.6 is 21.0 Å². The van der Waals surface area contributed by atoms with Crippen LogP contribution in [0.5, 0.6) is 0 Å². The molecule has 0 aromatic heterocycles. The van der Waals surface area contributed by atoms with Crippen LogP contribution in [0.1, 0.15) is 0 Å². The van der Waals surface area contributed by atoms with Gasteiger partial charge < -0.3 is 0 Å². The van der Waals surface area contributed by atoms with Gasteiger partial charge in [-0.3, -0.25) is 0 Å². The van der Waals surface area contributed by atoms with Gasteiger partial charge in [0.15, 0.2) is 0 Å². The minimum Gasteiger partial charge on any atom is -0.167 e. The van der Waals surface area contributed by atoms with Crippen molar-refractivity contribution >= 4 is 26.3 Å². The van der Waals surface area contributed by atoms with Crippen molar-refractivity contribution < 1.29 is 13.2 Å². The van der Waals surface area contributed by atoms with E-state index in [-0.39, 0.29) is 12.4 Å². The summed E-state index contributed by atoms with van der Waals surface area (Å²) >= 11 is 0. The van der Waals surface area contributed by atoms with E-state index in [4.69, 9.17) is 0 Å². The molecule has 0 fully saturated rings. The Labute approximate surface area is 76.4 Å². The summed E-state index contributed by atoms with van der Waals surface area (Å²) in [5.41, 5.74) is 0. The van der Waals surface area contributed by atoms with Gasteiger partial charge in [0.05, 0.1) is 0 Å². The average molecular weight is 215 g/mol. The van der Waals surface area contributed by atoms with Gasteiger partial charge in [-0.2, -0.15) is 13.2 Å². The molecule has 0 aliphatic carbocycles. The normalized spacial score (nSPS) is 11.6. The highest BCUT2D eigenvalue weighted by atomic mass is 35.5. The highest BCUT2D eigenvalue weighted by Crippen LogP contribution is 2.35. The predicted molar refractivity (Wildman–Crippen MR) is 47.7 cm³/mol. The van der Waals surface area contributed by atoms with Gasteiger partial charge in [0.1, 0.15) is 0 Å². The molecular formula is C7H7ClF3P. The lowest BCUT2D eigenvalue weighted by molar-refractivity contribution is -0.0359. The maximum Gasteiger partial charge on any atom is 0.406 e. The van der Waals surface area contributed by atoms with Crippen LogP contribution in [-0.4, -0.2) is 5.92 Å². The molecule has 12 heavy (non-hydrogen) atoms. The molecule has 1 aromatic carbocycles. The van der Waals surface area contributed by atoms with Gasteiger partial charge in [-0.15, -0.1) is 12.4 Å². The molecule has 0 nitrogen and oxygen atoms in total. The zero-order valence-corrected chi connectivity index (χ0v) is 7.75. The van der Waals surface area contributed by atoms with Gasteiger partial charge in [-0.1, -0.05) is 30.3 Å². The fourth-order valence-corrected chi connectivity index (χ4v) is 1.37. The van der Waals surface area contributed by atoms with Crippen molar-refractivity contribution in [1.82, 2.24) is 0 Å². The summed E-state index contributed by atoms with van der Waals surface area (Å²) < 4.78 is 35.3. The molecule has 0 aliphatic rings. The van der Waals surface area contributed by atoms with Crippen LogP contribution in [0.4, 0.5) is 13.2 Å². The van der Waals surface area contributed by atoms with E-state index in [1.807, 2.05) is 0 Å². The van der Waals surface area contributed by atoms with Crippen molar-refractivity contribution in [3.05, 3.63) is 30.3 Å². The second kappa shape index (κ2) is 4.68. The van der Waals surface area contributed by atoms with E-state index in [1.165, 1.54) is 12.1 Å². The second-order valence-electron chi connectivity index (χ2n) is 1.99. The Kier molecular flexibility index (Phi) is 4.58. The third kappa shape index (κ3) is 4.58. The van der Waals surface area contributed by atoms with Crippen LogP contribution in [0.3, 0.4) is 0 Å². The first kappa shape index (κ1) is 11.7. The Bertz CT molecular complexity index is 222. The molecule has 0 bridgehead atoms. The molecule has 0 saturated carbocycles. The molecule has 1 rings (SSSR count). The fourth-order valence-electron chi connectivity index (χ4n) is 0.685. The van der Waals surface area contributed by atoms with E-state index < -0.39 is 14.5 Å². The molecular weight excluding hydrogens is 207 g/mol. The monoisotopic (exact) mass is 214 g/mol. The van der Waals surface area contributed by atoms with Crippen molar-refractivity contribution in [3.8, 4) is 0 Å². The van der Waals surface area contributed by atoms with Gasteiger partial charge in [0.2, 0.25) is 0 Å². The SMILES string of the molecule is Cl.FC(F)(F)Pc1ccccc1. The molecule has 0 N–H and O–H groups in total. The Hall–Kier alpha value is -0.270. The standard InChI is InChI=1S/C7H6F3P.ClH/c8-7(9,10)11-6-4-2-1-3-5-6;/h1-5,11H;1H. The first-order chi connectivity index (χ1) is 5.08. The molecule has 0 amide bonds. The van der Waals surface area contributed by atoms with Gasteiger partial charge in [0, 0.05) is 8.58 Å². The summed E-state index contributed by atoms with van der Waals surface area (Å²) in [4.78, 5) is 0. The largest absolute Gasteiger partial charge is 0.406 e. The Morgan fingerprint density at radius 1 is 1.00 bits per heavy atom. The smallest absolute Gasteiger partial charge is 0.167 e. The maximum atomic E-state index is 11.8. The van der Waals surface area contributed by atoms with Crippen LogP contribution in [0.2, 0.25) is 0 Å². The number of alkyl halides is 3. The van der Waals surface area contributed by atoms with E-state index in [0.29, 0.717) is 5.30 Å². The lowest BCUT2D eigenvalue weighted by Crippen LogP contribution is -2.05. The van der Waals surface area contributed by atoms with Gasteiger partial charge in [-0.25, -0.2) is 0 Å². The molecule has 1 aromatic rings. The molecule has 0 saturated heterocycles. The zero-order valence-electron chi connectivity index (χ0n) is 5.93. The van der Waals surface area contributed by atoms with E-state index in [2.05, 4.69) is 0 Å². The molecule has 0 spiro atoms. The third-order valence-corrected chi connectivity index (χ3v) is 1.97. The van der Waals surface area contributed by atoms with E-state index in [9.17, 15) is 13.2 Å². The van der Waals surface area contributed by atoms with Crippen molar-refractivity contribution in [2.24, 2.45) is 0 Å². The highest BCUT2D eigenvalue weighted by molar-refractivity contribution is 7.48. The predicted octanol–water partition coefficient (Wildman–Crippen LogP) is 2.93. The lowest BCUT2D eigenvalue weighted by Gasteiger charge is -2.04. The molecule has 68 valence electrons. The topological polar surface area (TPSA) is 0 Å². The zero-order chi connectivity index (χ0) is 8.32. The average Bonchev–Trinajstić information content (AvgIpc) is 1.85. The molecule has 0 aliphatic heterocycles. The second-order valence-corrected chi connectivity index (χ2v) is 3.38. The lowest BCUT2D eigenvalue weighted by atomic mass is 10.4. The number of benzene rings is 1. The summed E-state index contributed by atoms with van der Waals surface area (Å²) in [7, 11) is -1.09. The van der Waals surface area contributed by atoms with Crippen molar-refractivity contribution in [1.29, 1.82) is 0 Å². The van der Waals surface area contributed by atoms with Gasteiger partial charge in [0.25, 0.3) is 0 Å². The Morgan fingerprint density at radius 3 is 1.92 bits per heavy atom. The molecule has 1 atom stereocenters. The highest BCUT2D eigenvalue weighted by Gasteiger charge is 2.27. The first-order valence-corrected chi connectivity index (χ1v) is 3.98. The summed E-state index contributed by atoms with van der Waals surface area (Å²) in [5, 5.41) is 0.333. The van der Waals surface area contributed by atoms with E-state index in [1.54, 1.807) is 18.2 Å². The number of hydrogen-bond donors (Lipinski definition) is 0. The van der Waals surface area contributed by atoms with Crippen molar-refractivity contribution in [2.45, 2.75) is 5.92 Å². The van der Waals surface area contributed by atoms with Crippen molar-refractivity contribution in [2.75, 3.05) is 0 Å². The van der Waals surface area contributed by atoms with Crippen molar-refractivity contribution in [3.63, 3.8) is 0 Å². The van der Waals surface area contributed by atoms with Crippen LogP contribution in [0.25, 0.3) is 0 Å². The minimum absolute atomic E-state index is 0. The summed E-state index contributed by atoms with van der Waals surface area (Å²) in [6.07, 6.45) is 0. The Morgan fingerprint density at radius 2 is 1.50 bits per heavy atom. The summed E-state index contributed by atoms with van der Waals surface area (Å²) in [6, 6.07) is 7.87. The molecule has 5 heteroatoms. The molecule has 0 radical (unpaired) electrons. The van der Waals surface area contributed by atoms with Gasteiger partial charge in [-0.05, 0) is 5.30 Å². The maximum absolute atomic E-state index is 11.8. The quantitative estimate of drug-likeness (QED) is 0.631. The molecule has 0 heterocycles. The van der Waals surface area contributed by atoms with E-state index >= 15 is 0 Å². The third-order valence-electron chi connectivity index (χ3n) is 1.06. The molecule has 1 unspecified atom stereocenters. The minimum atomic E-state index is -4.07. The van der Waals surface area contributed by atoms with Crippen LogP contribution < -0.4 is 5.30 Å². The van der Waals surface area contributed by atoms with E-state index in [0.717, 1.165) is 0 Å². The van der Waals surface area contributed by atoms with Crippen LogP contribution in [-0.2, 0) is 0 Å². The van der Waals surface area contributed by atoms with Crippen LogP contribution in [0.15, 0.2) is 30.3 Å². The fraction of sp³-hybridized carbons (Fsp3) is 0.143. The summed E-state index contributed by atoms with van der Waals surface area (Å²) in [6.45, 7) is 0.